The van der Waals surface area contributed by atoms with Crippen molar-refractivity contribution in [2.24, 2.45) is 0 Å². The monoisotopic (exact) mass is 208 g/mol. The first-order chi connectivity index (χ1) is 6.75. The van der Waals surface area contributed by atoms with Crippen LogP contribution in [0.5, 0.6) is 0 Å². The second-order valence-corrected chi connectivity index (χ2v) is 3.31. The van der Waals surface area contributed by atoms with Crippen LogP contribution in [0.4, 0.5) is 0 Å². The highest BCUT2D eigenvalue weighted by Crippen LogP contribution is 2.14. The largest absolute Gasteiger partial charge is 0.319 e. The summed E-state index contributed by atoms with van der Waals surface area (Å²) in [5, 5.41) is 3.52. The summed E-state index contributed by atoms with van der Waals surface area (Å²) in [6.45, 7) is 2.87. The van der Waals surface area contributed by atoms with Crippen LogP contribution in [0.3, 0.4) is 0 Å². The number of nitrogens with one attached hydrogen (secondary N) is 1. The van der Waals surface area contributed by atoms with Gasteiger partial charge in [-0.2, -0.15) is 0 Å². The van der Waals surface area contributed by atoms with Gasteiger partial charge >= 0.3 is 0 Å². The maximum absolute atomic E-state index is 5.91. The molecule has 1 aromatic rings. The first-order valence-electron chi connectivity index (χ1n) is 4.50. The molecule has 0 radical (unpaired) electrons. The molecule has 0 saturated heterocycles. The fraction of sp³-hybridized carbons (Fsp3) is 0.364. The van der Waals surface area contributed by atoms with Crippen LogP contribution in [0, 0.1) is 18.8 Å². The van der Waals surface area contributed by atoms with E-state index in [0.717, 1.165) is 24.1 Å². The van der Waals surface area contributed by atoms with Gasteiger partial charge in [0.05, 0.1) is 5.56 Å². The van der Waals surface area contributed by atoms with E-state index in [-0.39, 0.29) is 0 Å². The van der Waals surface area contributed by atoms with Crippen LogP contribution in [-0.4, -0.2) is 18.6 Å². The van der Waals surface area contributed by atoms with Gasteiger partial charge in [0.1, 0.15) is 5.15 Å². The molecule has 0 aliphatic carbocycles. The molecule has 74 valence electrons. The highest BCUT2D eigenvalue weighted by molar-refractivity contribution is 6.30. The fourth-order valence-electron chi connectivity index (χ4n) is 1.01. The third kappa shape index (κ3) is 3.02. The highest BCUT2D eigenvalue weighted by atomic mass is 35.5. The van der Waals surface area contributed by atoms with E-state index in [0.29, 0.717) is 5.15 Å². The zero-order chi connectivity index (χ0) is 10.4. The van der Waals surface area contributed by atoms with Crippen molar-refractivity contribution in [2.75, 3.05) is 13.6 Å². The SMILES string of the molecule is CNCCC#Cc1c(C)ccnc1Cl. The summed E-state index contributed by atoms with van der Waals surface area (Å²) in [5.74, 6) is 6.08. The molecule has 14 heavy (non-hydrogen) atoms. The minimum atomic E-state index is 0.488. The molecule has 0 saturated carbocycles. The van der Waals surface area contributed by atoms with Gasteiger partial charge in [-0.05, 0) is 25.6 Å². The van der Waals surface area contributed by atoms with E-state index < -0.39 is 0 Å². The predicted molar refractivity (Wildman–Crippen MR) is 59.4 cm³/mol. The average molecular weight is 209 g/mol. The Hall–Kier alpha value is -1.04. The second kappa shape index (κ2) is 5.64. The zero-order valence-electron chi connectivity index (χ0n) is 8.39. The lowest BCUT2D eigenvalue weighted by Gasteiger charge is -1.98. The van der Waals surface area contributed by atoms with Gasteiger partial charge in [-0.25, -0.2) is 4.98 Å². The average Bonchev–Trinajstić information content (AvgIpc) is 2.16. The van der Waals surface area contributed by atoms with Gasteiger partial charge in [0.15, 0.2) is 0 Å². The number of pyridine rings is 1. The van der Waals surface area contributed by atoms with Crippen LogP contribution < -0.4 is 5.32 Å². The van der Waals surface area contributed by atoms with Crippen LogP contribution in [0.15, 0.2) is 12.3 Å². The minimum Gasteiger partial charge on any atom is -0.319 e. The van der Waals surface area contributed by atoms with Gasteiger partial charge in [0.25, 0.3) is 0 Å². The molecule has 0 fully saturated rings. The molecule has 2 nitrogen and oxygen atoms in total. The molecule has 0 spiro atoms. The Morgan fingerprint density at radius 1 is 1.57 bits per heavy atom. The number of rotatable bonds is 2. The molecule has 1 heterocycles. The van der Waals surface area contributed by atoms with Crippen LogP contribution in [-0.2, 0) is 0 Å². The summed E-state index contributed by atoms with van der Waals surface area (Å²) in [7, 11) is 1.91. The lowest BCUT2D eigenvalue weighted by atomic mass is 10.1. The fourth-order valence-corrected chi connectivity index (χ4v) is 1.27. The van der Waals surface area contributed by atoms with Crippen LogP contribution in [0.2, 0.25) is 5.15 Å². The third-order valence-electron chi connectivity index (χ3n) is 1.83. The maximum atomic E-state index is 5.91. The van der Waals surface area contributed by atoms with E-state index in [1.54, 1.807) is 6.20 Å². The van der Waals surface area contributed by atoms with Crippen molar-refractivity contribution in [1.82, 2.24) is 10.3 Å². The molecule has 1 rings (SSSR count). The quantitative estimate of drug-likeness (QED) is 0.457. The van der Waals surface area contributed by atoms with E-state index in [1.165, 1.54) is 0 Å². The Balaban J connectivity index is 2.78. The minimum absolute atomic E-state index is 0.488. The van der Waals surface area contributed by atoms with Crippen LogP contribution in [0.1, 0.15) is 17.5 Å². The molecule has 0 atom stereocenters. The Kier molecular flexibility index (Phi) is 4.45. The van der Waals surface area contributed by atoms with Gasteiger partial charge in [-0.15, -0.1) is 0 Å². The molecule has 0 aromatic carbocycles. The molecular weight excluding hydrogens is 196 g/mol. The Bertz CT molecular complexity index is 343. The van der Waals surface area contributed by atoms with E-state index in [4.69, 9.17) is 11.6 Å². The Morgan fingerprint density at radius 2 is 2.36 bits per heavy atom. The van der Waals surface area contributed by atoms with Gasteiger partial charge in [0, 0.05) is 19.2 Å². The van der Waals surface area contributed by atoms with Gasteiger partial charge in [0.2, 0.25) is 0 Å². The lowest BCUT2D eigenvalue weighted by molar-refractivity contribution is 0.818. The van der Waals surface area contributed by atoms with E-state index in [1.807, 2.05) is 20.0 Å². The molecular formula is C11H13ClN2. The van der Waals surface area contributed by atoms with Crippen LogP contribution >= 0.6 is 11.6 Å². The first-order valence-corrected chi connectivity index (χ1v) is 4.88. The number of aromatic nitrogens is 1. The van der Waals surface area contributed by atoms with E-state index >= 15 is 0 Å². The predicted octanol–water partition coefficient (Wildman–Crippen LogP) is 2.00. The highest BCUT2D eigenvalue weighted by Gasteiger charge is 1.99. The van der Waals surface area contributed by atoms with E-state index in [2.05, 4.69) is 22.1 Å². The Labute approximate surface area is 89.7 Å². The Morgan fingerprint density at radius 3 is 3.00 bits per heavy atom. The van der Waals surface area contributed by atoms with Gasteiger partial charge in [-0.3, -0.25) is 0 Å². The van der Waals surface area contributed by atoms with Gasteiger partial charge < -0.3 is 5.32 Å². The van der Waals surface area contributed by atoms with Crippen molar-refractivity contribution in [1.29, 1.82) is 0 Å². The van der Waals surface area contributed by atoms with Crippen molar-refractivity contribution in [3.63, 3.8) is 0 Å². The summed E-state index contributed by atoms with van der Waals surface area (Å²) in [5.41, 5.74) is 1.91. The number of nitrogens with zero attached hydrogens (tertiary/aromatic N) is 1. The number of halogens is 1. The van der Waals surface area contributed by atoms with Crippen molar-refractivity contribution in [2.45, 2.75) is 13.3 Å². The maximum Gasteiger partial charge on any atom is 0.144 e. The second-order valence-electron chi connectivity index (χ2n) is 2.95. The molecule has 1 aromatic heterocycles. The summed E-state index contributed by atoms with van der Waals surface area (Å²) < 4.78 is 0. The van der Waals surface area contributed by atoms with Crippen molar-refractivity contribution < 1.29 is 0 Å². The third-order valence-corrected chi connectivity index (χ3v) is 2.11. The first kappa shape index (κ1) is 11.0. The molecule has 1 N–H and O–H groups in total. The summed E-state index contributed by atoms with van der Waals surface area (Å²) >= 11 is 5.91. The summed E-state index contributed by atoms with van der Waals surface area (Å²) in [4.78, 5) is 3.99. The van der Waals surface area contributed by atoms with E-state index in [9.17, 15) is 0 Å². The summed E-state index contributed by atoms with van der Waals surface area (Å²) in [6.07, 6.45) is 2.51. The molecule has 0 unspecified atom stereocenters. The zero-order valence-corrected chi connectivity index (χ0v) is 9.15. The summed E-state index contributed by atoms with van der Waals surface area (Å²) in [6, 6.07) is 1.91. The standard InChI is InChI=1S/C11H13ClN2/c1-9-6-8-14-11(12)10(9)5-3-4-7-13-2/h6,8,13H,4,7H2,1-2H3. The molecule has 0 bridgehead atoms. The van der Waals surface area contributed by atoms with Crippen molar-refractivity contribution in [3.05, 3.63) is 28.5 Å². The molecule has 0 aliphatic heterocycles. The smallest absolute Gasteiger partial charge is 0.144 e. The number of aryl methyl sites for hydroxylation is 1. The molecule has 0 amide bonds. The van der Waals surface area contributed by atoms with Crippen molar-refractivity contribution >= 4 is 11.6 Å². The number of hydrogen-bond acceptors (Lipinski definition) is 2. The van der Waals surface area contributed by atoms with Crippen LogP contribution in [0.25, 0.3) is 0 Å². The number of hydrogen-bond donors (Lipinski definition) is 1. The lowest BCUT2D eigenvalue weighted by Crippen LogP contribution is -2.05. The van der Waals surface area contributed by atoms with Crippen molar-refractivity contribution in [3.8, 4) is 11.8 Å². The molecule has 3 heteroatoms. The normalized spacial score (nSPS) is 9.36. The topological polar surface area (TPSA) is 24.9 Å². The van der Waals surface area contributed by atoms with Gasteiger partial charge in [-0.1, -0.05) is 23.4 Å². The molecule has 0 aliphatic rings.